The van der Waals surface area contributed by atoms with E-state index in [9.17, 15) is 5.11 Å². The molecule has 0 unspecified atom stereocenters. The van der Waals surface area contributed by atoms with Gasteiger partial charge in [-0.1, -0.05) is 58.9 Å². The van der Waals surface area contributed by atoms with E-state index in [-0.39, 0.29) is 5.41 Å². The standard InChI is InChI=1S/C16H26O/c1-6-16(17,7-2)12-13-8-10-14(11-9-13)15(3,4)5/h8-11,17H,6-7,12H2,1-5H3. The monoisotopic (exact) mass is 234 g/mol. The molecule has 0 saturated heterocycles. The van der Waals surface area contributed by atoms with E-state index in [1.54, 1.807) is 0 Å². The fraction of sp³-hybridized carbons (Fsp3) is 0.625. The van der Waals surface area contributed by atoms with E-state index in [2.05, 4.69) is 45.0 Å². The fourth-order valence-corrected chi connectivity index (χ4v) is 2.00. The lowest BCUT2D eigenvalue weighted by Gasteiger charge is -2.26. The summed E-state index contributed by atoms with van der Waals surface area (Å²) in [6.07, 6.45) is 2.37. The minimum atomic E-state index is -0.538. The van der Waals surface area contributed by atoms with Gasteiger partial charge in [-0.15, -0.1) is 0 Å². The second kappa shape index (κ2) is 5.22. The summed E-state index contributed by atoms with van der Waals surface area (Å²) in [5, 5.41) is 10.3. The van der Waals surface area contributed by atoms with Crippen molar-refractivity contribution >= 4 is 0 Å². The van der Waals surface area contributed by atoms with Crippen molar-refractivity contribution < 1.29 is 5.11 Å². The van der Waals surface area contributed by atoms with Gasteiger partial charge in [0, 0.05) is 6.42 Å². The van der Waals surface area contributed by atoms with Crippen LogP contribution in [0.1, 0.15) is 58.6 Å². The first-order valence-electron chi connectivity index (χ1n) is 6.62. The Morgan fingerprint density at radius 2 is 1.41 bits per heavy atom. The lowest BCUT2D eigenvalue weighted by Crippen LogP contribution is -2.29. The van der Waals surface area contributed by atoms with Gasteiger partial charge in [0.25, 0.3) is 0 Å². The van der Waals surface area contributed by atoms with Gasteiger partial charge in [-0.3, -0.25) is 0 Å². The van der Waals surface area contributed by atoms with Crippen LogP contribution in [0, 0.1) is 0 Å². The third kappa shape index (κ3) is 3.85. The molecular weight excluding hydrogens is 208 g/mol. The molecule has 1 N–H and O–H groups in total. The van der Waals surface area contributed by atoms with E-state index < -0.39 is 5.60 Å². The average molecular weight is 234 g/mol. The van der Waals surface area contributed by atoms with Crippen molar-refractivity contribution in [3.8, 4) is 0 Å². The van der Waals surface area contributed by atoms with Gasteiger partial charge in [0.1, 0.15) is 0 Å². The molecule has 1 rings (SSSR count). The zero-order valence-corrected chi connectivity index (χ0v) is 11.9. The lowest BCUT2D eigenvalue weighted by molar-refractivity contribution is 0.0326. The highest BCUT2D eigenvalue weighted by molar-refractivity contribution is 5.28. The predicted octanol–water partition coefficient (Wildman–Crippen LogP) is 4.08. The molecule has 1 aromatic carbocycles. The van der Waals surface area contributed by atoms with Crippen LogP contribution in [0.4, 0.5) is 0 Å². The molecule has 1 nitrogen and oxygen atoms in total. The second-order valence-electron chi connectivity index (χ2n) is 6.06. The Morgan fingerprint density at radius 3 is 1.76 bits per heavy atom. The summed E-state index contributed by atoms with van der Waals surface area (Å²) in [6.45, 7) is 10.8. The van der Waals surface area contributed by atoms with Crippen LogP contribution in [-0.4, -0.2) is 10.7 Å². The largest absolute Gasteiger partial charge is 0.390 e. The SMILES string of the molecule is CCC(O)(CC)Cc1ccc(C(C)(C)C)cc1. The molecule has 0 bridgehead atoms. The fourth-order valence-electron chi connectivity index (χ4n) is 2.00. The quantitative estimate of drug-likeness (QED) is 0.832. The smallest absolute Gasteiger partial charge is 0.0682 e. The summed E-state index contributed by atoms with van der Waals surface area (Å²) < 4.78 is 0. The van der Waals surface area contributed by atoms with Crippen LogP contribution in [0.25, 0.3) is 0 Å². The van der Waals surface area contributed by atoms with Crippen LogP contribution in [0.15, 0.2) is 24.3 Å². The summed E-state index contributed by atoms with van der Waals surface area (Å²) >= 11 is 0. The van der Waals surface area contributed by atoms with Gasteiger partial charge in [-0.2, -0.15) is 0 Å². The minimum Gasteiger partial charge on any atom is -0.390 e. The van der Waals surface area contributed by atoms with Gasteiger partial charge in [-0.05, 0) is 29.4 Å². The maximum Gasteiger partial charge on any atom is 0.0682 e. The van der Waals surface area contributed by atoms with Crippen molar-refractivity contribution in [2.24, 2.45) is 0 Å². The molecular formula is C16H26O. The Morgan fingerprint density at radius 1 is 0.941 bits per heavy atom. The number of aliphatic hydroxyl groups is 1. The van der Waals surface area contributed by atoms with Gasteiger partial charge < -0.3 is 5.11 Å². The summed E-state index contributed by atoms with van der Waals surface area (Å²) in [5.41, 5.74) is 2.23. The van der Waals surface area contributed by atoms with E-state index in [1.165, 1.54) is 11.1 Å². The van der Waals surface area contributed by atoms with Crippen LogP contribution in [-0.2, 0) is 11.8 Å². The van der Waals surface area contributed by atoms with Gasteiger partial charge >= 0.3 is 0 Å². The van der Waals surface area contributed by atoms with Crippen LogP contribution >= 0.6 is 0 Å². The van der Waals surface area contributed by atoms with Gasteiger partial charge in [0.2, 0.25) is 0 Å². The van der Waals surface area contributed by atoms with Crippen LogP contribution in [0.3, 0.4) is 0 Å². The summed E-state index contributed by atoms with van der Waals surface area (Å²) in [4.78, 5) is 0. The van der Waals surface area contributed by atoms with Crippen LogP contribution < -0.4 is 0 Å². The number of rotatable bonds is 4. The molecule has 17 heavy (non-hydrogen) atoms. The molecule has 0 saturated carbocycles. The summed E-state index contributed by atoms with van der Waals surface area (Å²) in [7, 11) is 0. The molecule has 0 spiro atoms. The zero-order valence-electron chi connectivity index (χ0n) is 11.9. The molecule has 0 aromatic heterocycles. The van der Waals surface area contributed by atoms with Gasteiger partial charge in [0.05, 0.1) is 5.60 Å². The lowest BCUT2D eigenvalue weighted by atomic mass is 9.84. The van der Waals surface area contributed by atoms with E-state index >= 15 is 0 Å². The Hall–Kier alpha value is -0.820. The first kappa shape index (κ1) is 14.2. The van der Waals surface area contributed by atoms with Crippen molar-refractivity contribution in [2.75, 3.05) is 0 Å². The highest BCUT2D eigenvalue weighted by Gasteiger charge is 2.22. The van der Waals surface area contributed by atoms with Crippen molar-refractivity contribution in [1.82, 2.24) is 0 Å². The van der Waals surface area contributed by atoms with Gasteiger partial charge in [0.15, 0.2) is 0 Å². The topological polar surface area (TPSA) is 20.2 Å². The Labute approximate surface area is 106 Å². The molecule has 0 aliphatic rings. The van der Waals surface area contributed by atoms with Crippen LogP contribution in [0.5, 0.6) is 0 Å². The third-order valence-electron chi connectivity index (χ3n) is 3.67. The molecule has 0 aliphatic carbocycles. The van der Waals surface area contributed by atoms with E-state index in [1.807, 2.05) is 13.8 Å². The normalized spacial score (nSPS) is 12.8. The predicted molar refractivity (Wildman–Crippen MR) is 74.4 cm³/mol. The molecule has 0 radical (unpaired) electrons. The molecule has 0 fully saturated rings. The molecule has 0 aliphatic heterocycles. The summed E-state index contributed by atoms with van der Waals surface area (Å²) in [6, 6.07) is 8.66. The Kier molecular flexibility index (Phi) is 4.37. The van der Waals surface area contributed by atoms with Crippen LogP contribution in [0.2, 0.25) is 0 Å². The summed E-state index contributed by atoms with van der Waals surface area (Å²) in [5.74, 6) is 0. The highest BCUT2D eigenvalue weighted by atomic mass is 16.3. The number of hydrogen-bond acceptors (Lipinski definition) is 1. The van der Waals surface area contributed by atoms with Crippen molar-refractivity contribution in [2.45, 2.75) is 64.9 Å². The van der Waals surface area contributed by atoms with E-state index in [4.69, 9.17) is 0 Å². The van der Waals surface area contributed by atoms with E-state index in [0.29, 0.717) is 0 Å². The molecule has 0 heterocycles. The molecule has 1 aromatic rings. The maximum absolute atomic E-state index is 10.3. The molecule has 96 valence electrons. The average Bonchev–Trinajstić information content (AvgIpc) is 2.28. The van der Waals surface area contributed by atoms with Crippen molar-refractivity contribution in [1.29, 1.82) is 0 Å². The van der Waals surface area contributed by atoms with E-state index in [0.717, 1.165) is 19.3 Å². The molecule has 0 atom stereocenters. The number of benzene rings is 1. The third-order valence-corrected chi connectivity index (χ3v) is 3.67. The molecule has 1 heteroatoms. The van der Waals surface area contributed by atoms with Crippen molar-refractivity contribution in [3.63, 3.8) is 0 Å². The second-order valence-corrected chi connectivity index (χ2v) is 6.06. The first-order valence-corrected chi connectivity index (χ1v) is 6.62. The van der Waals surface area contributed by atoms with Crippen molar-refractivity contribution in [3.05, 3.63) is 35.4 Å². The van der Waals surface area contributed by atoms with Gasteiger partial charge in [-0.25, -0.2) is 0 Å². The first-order chi connectivity index (χ1) is 7.80. The maximum atomic E-state index is 10.3. The number of hydrogen-bond donors (Lipinski definition) is 1. The molecule has 0 amide bonds. The highest BCUT2D eigenvalue weighted by Crippen LogP contribution is 2.25. The zero-order chi connectivity index (χ0) is 13.1. The Bertz CT molecular complexity index is 339. The Balaban J connectivity index is 2.82. The minimum absolute atomic E-state index is 0.199.